The minimum atomic E-state index is 0.00746. The normalized spacial score (nSPS) is 10.5. The molecule has 2 aromatic rings. The predicted octanol–water partition coefficient (Wildman–Crippen LogP) is 2.74. The van der Waals surface area contributed by atoms with Gasteiger partial charge in [0.15, 0.2) is 0 Å². The van der Waals surface area contributed by atoms with Gasteiger partial charge in [-0.25, -0.2) is 0 Å². The maximum atomic E-state index is 11.8. The van der Waals surface area contributed by atoms with Crippen molar-refractivity contribution in [1.29, 1.82) is 0 Å². The quantitative estimate of drug-likeness (QED) is 0.656. The molecule has 0 atom stereocenters. The summed E-state index contributed by atoms with van der Waals surface area (Å²) in [5, 5.41) is 6.76. The SMILES string of the molecule is Cc1noc(C)c1CC(=O)NCCSc1ccccc1. The number of carbonyl (C=O) groups excluding carboxylic acids is 1. The lowest BCUT2D eigenvalue weighted by Crippen LogP contribution is -2.27. The fourth-order valence-corrected chi connectivity index (χ4v) is 2.64. The number of nitrogens with one attached hydrogen (secondary N) is 1. The number of rotatable bonds is 6. The fourth-order valence-electron chi connectivity index (χ4n) is 1.85. The molecule has 0 aliphatic heterocycles. The summed E-state index contributed by atoms with van der Waals surface area (Å²) in [5.74, 6) is 1.58. The molecule has 1 aromatic carbocycles. The molecule has 1 aromatic heterocycles. The predicted molar refractivity (Wildman–Crippen MR) is 79.9 cm³/mol. The minimum absolute atomic E-state index is 0.00746. The zero-order chi connectivity index (χ0) is 14.4. The molecule has 0 aliphatic carbocycles. The van der Waals surface area contributed by atoms with Crippen LogP contribution in [0.2, 0.25) is 0 Å². The monoisotopic (exact) mass is 290 g/mol. The van der Waals surface area contributed by atoms with Gasteiger partial charge in [-0.2, -0.15) is 0 Å². The maximum Gasteiger partial charge on any atom is 0.224 e. The highest BCUT2D eigenvalue weighted by Gasteiger charge is 2.12. The summed E-state index contributed by atoms with van der Waals surface area (Å²) in [6.07, 6.45) is 0.331. The Labute approximate surface area is 122 Å². The van der Waals surface area contributed by atoms with Gasteiger partial charge in [0.1, 0.15) is 5.76 Å². The first-order chi connectivity index (χ1) is 9.66. The standard InChI is InChI=1S/C15H18N2O2S/c1-11-14(12(2)19-17-11)10-15(18)16-8-9-20-13-6-4-3-5-7-13/h3-7H,8-10H2,1-2H3,(H,16,18). The Bertz CT molecular complexity index is 547. The number of hydrogen-bond acceptors (Lipinski definition) is 4. The molecule has 0 aliphatic rings. The molecule has 0 saturated carbocycles. The van der Waals surface area contributed by atoms with E-state index in [-0.39, 0.29) is 5.91 Å². The van der Waals surface area contributed by atoms with Crippen LogP contribution in [0.1, 0.15) is 17.0 Å². The summed E-state index contributed by atoms with van der Waals surface area (Å²) in [5.41, 5.74) is 1.68. The molecule has 0 radical (unpaired) electrons. The van der Waals surface area contributed by atoms with Crippen molar-refractivity contribution in [2.24, 2.45) is 0 Å². The van der Waals surface area contributed by atoms with Crippen LogP contribution in [-0.2, 0) is 11.2 Å². The number of nitrogens with zero attached hydrogens (tertiary/aromatic N) is 1. The third kappa shape index (κ3) is 4.13. The number of carbonyl (C=O) groups is 1. The number of aromatic nitrogens is 1. The molecular formula is C15H18N2O2S. The number of hydrogen-bond donors (Lipinski definition) is 1. The summed E-state index contributed by atoms with van der Waals surface area (Å²) in [7, 11) is 0. The molecule has 0 saturated heterocycles. The number of amides is 1. The molecule has 1 amide bonds. The lowest BCUT2D eigenvalue weighted by Gasteiger charge is -2.05. The van der Waals surface area contributed by atoms with Crippen LogP contribution in [0.15, 0.2) is 39.8 Å². The van der Waals surface area contributed by atoms with Crippen LogP contribution in [0.4, 0.5) is 0 Å². The van der Waals surface area contributed by atoms with Crippen molar-refractivity contribution in [2.75, 3.05) is 12.3 Å². The largest absolute Gasteiger partial charge is 0.361 e. The number of thioether (sulfide) groups is 1. The first kappa shape index (κ1) is 14.7. The summed E-state index contributed by atoms with van der Waals surface area (Å²) in [6.45, 7) is 4.33. The Balaban J connectivity index is 1.71. The van der Waals surface area contributed by atoms with E-state index in [1.54, 1.807) is 11.8 Å². The topological polar surface area (TPSA) is 55.1 Å². The maximum absolute atomic E-state index is 11.8. The van der Waals surface area contributed by atoms with E-state index in [0.717, 1.165) is 22.8 Å². The van der Waals surface area contributed by atoms with Crippen molar-refractivity contribution in [2.45, 2.75) is 25.2 Å². The van der Waals surface area contributed by atoms with Gasteiger partial charge in [0.25, 0.3) is 0 Å². The Hall–Kier alpha value is -1.75. The molecule has 0 fully saturated rings. The van der Waals surface area contributed by atoms with Crippen LogP contribution in [0, 0.1) is 13.8 Å². The molecule has 0 bridgehead atoms. The van der Waals surface area contributed by atoms with Gasteiger partial charge in [-0.3, -0.25) is 4.79 Å². The Kier molecular flexibility index (Phi) is 5.24. The first-order valence-electron chi connectivity index (χ1n) is 6.53. The van der Waals surface area contributed by atoms with E-state index in [4.69, 9.17) is 4.52 Å². The molecule has 2 rings (SSSR count). The van der Waals surface area contributed by atoms with E-state index in [9.17, 15) is 4.79 Å². The molecule has 0 unspecified atom stereocenters. The van der Waals surface area contributed by atoms with E-state index < -0.39 is 0 Å². The highest BCUT2D eigenvalue weighted by molar-refractivity contribution is 7.99. The van der Waals surface area contributed by atoms with Crippen LogP contribution >= 0.6 is 11.8 Å². The Morgan fingerprint density at radius 1 is 1.30 bits per heavy atom. The summed E-state index contributed by atoms with van der Waals surface area (Å²) < 4.78 is 5.05. The summed E-state index contributed by atoms with van der Waals surface area (Å²) in [6, 6.07) is 10.2. The smallest absolute Gasteiger partial charge is 0.224 e. The van der Waals surface area contributed by atoms with E-state index in [0.29, 0.717) is 13.0 Å². The van der Waals surface area contributed by atoms with Crippen LogP contribution < -0.4 is 5.32 Å². The van der Waals surface area contributed by atoms with E-state index >= 15 is 0 Å². The Morgan fingerprint density at radius 3 is 2.70 bits per heavy atom. The van der Waals surface area contributed by atoms with E-state index in [1.165, 1.54) is 4.90 Å². The van der Waals surface area contributed by atoms with Gasteiger partial charge in [-0.1, -0.05) is 23.4 Å². The van der Waals surface area contributed by atoms with Crippen molar-refractivity contribution >= 4 is 17.7 Å². The van der Waals surface area contributed by atoms with Gasteiger partial charge >= 0.3 is 0 Å². The molecule has 5 heteroatoms. The molecule has 20 heavy (non-hydrogen) atoms. The van der Waals surface area contributed by atoms with Gasteiger partial charge in [0.2, 0.25) is 5.91 Å². The van der Waals surface area contributed by atoms with Gasteiger partial charge < -0.3 is 9.84 Å². The number of aryl methyl sites for hydroxylation is 2. The fraction of sp³-hybridized carbons (Fsp3) is 0.333. The molecule has 1 heterocycles. The second-order valence-corrected chi connectivity index (χ2v) is 5.66. The highest BCUT2D eigenvalue weighted by Crippen LogP contribution is 2.16. The second-order valence-electron chi connectivity index (χ2n) is 4.49. The van der Waals surface area contributed by atoms with Crippen molar-refractivity contribution in [3.63, 3.8) is 0 Å². The third-order valence-corrected chi connectivity index (χ3v) is 3.97. The summed E-state index contributed by atoms with van der Waals surface area (Å²) in [4.78, 5) is 13.1. The van der Waals surface area contributed by atoms with E-state index in [2.05, 4.69) is 22.6 Å². The van der Waals surface area contributed by atoms with Crippen molar-refractivity contribution < 1.29 is 9.32 Å². The number of benzene rings is 1. The van der Waals surface area contributed by atoms with Gasteiger partial charge in [-0.15, -0.1) is 11.8 Å². The van der Waals surface area contributed by atoms with Crippen molar-refractivity contribution in [1.82, 2.24) is 10.5 Å². The third-order valence-electron chi connectivity index (χ3n) is 2.95. The average molecular weight is 290 g/mol. The first-order valence-corrected chi connectivity index (χ1v) is 7.51. The van der Waals surface area contributed by atoms with Crippen LogP contribution in [0.25, 0.3) is 0 Å². The van der Waals surface area contributed by atoms with E-state index in [1.807, 2.05) is 32.0 Å². The van der Waals surface area contributed by atoms with Crippen LogP contribution in [0.5, 0.6) is 0 Å². The van der Waals surface area contributed by atoms with Gasteiger partial charge in [0.05, 0.1) is 12.1 Å². The minimum Gasteiger partial charge on any atom is -0.361 e. The van der Waals surface area contributed by atoms with Gasteiger partial charge in [-0.05, 0) is 26.0 Å². The zero-order valence-corrected chi connectivity index (χ0v) is 12.5. The summed E-state index contributed by atoms with van der Waals surface area (Å²) >= 11 is 1.73. The molecule has 4 nitrogen and oxygen atoms in total. The van der Waals surface area contributed by atoms with Crippen molar-refractivity contribution in [3.8, 4) is 0 Å². The zero-order valence-electron chi connectivity index (χ0n) is 11.7. The second kappa shape index (κ2) is 7.14. The van der Waals surface area contributed by atoms with Crippen LogP contribution in [-0.4, -0.2) is 23.4 Å². The molecular weight excluding hydrogens is 272 g/mol. The highest BCUT2D eigenvalue weighted by atomic mass is 32.2. The van der Waals surface area contributed by atoms with Crippen LogP contribution in [0.3, 0.4) is 0 Å². The lowest BCUT2D eigenvalue weighted by molar-refractivity contribution is -0.120. The average Bonchev–Trinajstić information content (AvgIpc) is 2.77. The van der Waals surface area contributed by atoms with Crippen molar-refractivity contribution in [3.05, 3.63) is 47.3 Å². The Morgan fingerprint density at radius 2 is 2.05 bits per heavy atom. The molecule has 106 valence electrons. The molecule has 1 N–H and O–H groups in total. The van der Waals surface area contributed by atoms with Gasteiger partial charge in [0, 0.05) is 22.8 Å². The molecule has 0 spiro atoms. The lowest BCUT2D eigenvalue weighted by atomic mass is 10.1.